The van der Waals surface area contributed by atoms with Crippen molar-refractivity contribution in [3.63, 3.8) is 0 Å². The molecule has 3 aromatic carbocycles. The molecule has 0 bridgehead atoms. The minimum atomic E-state index is -0.924. The molecular formula is C27H26Cl2N2O4. The number of carbonyl (C=O) groups is 1. The van der Waals surface area contributed by atoms with Crippen LogP contribution in [0.25, 0.3) is 10.9 Å². The van der Waals surface area contributed by atoms with Gasteiger partial charge in [-0.25, -0.2) is 0 Å². The van der Waals surface area contributed by atoms with E-state index in [0.29, 0.717) is 34.6 Å². The first-order valence-electron chi connectivity index (χ1n) is 11.3. The molecule has 35 heavy (non-hydrogen) atoms. The van der Waals surface area contributed by atoms with Crippen LogP contribution in [0.1, 0.15) is 23.6 Å². The first-order valence-corrected chi connectivity index (χ1v) is 12.0. The van der Waals surface area contributed by atoms with E-state index in [1.54, 1.807) is 12.1 Å². The Labute approximate surface area is 213 Å². The Bertz CT molecular complexity index is 1320. The van der Waals surface area contributed by atoms with E-state index in [9.17, 15) is 9.90 Å². The zero-order valence-corrected chi connectivity index (χ0v) is 20.7. The van der Waals surface area contributed by atoms with E-state index in [4.69, 9.17) is 32.7 Å². The standard InChI is InChI=1S/C27H26Cl2N2O4/c1-2-34-25-9-5-6-17(26(25)35-16-18-10-11-20(28)13-22(18)29)14-31-24(27(32)33)12-19-15-30-23-8-4-3-7-21(19)23/h3-11,13,15,24,30-31H,2,12,14,16H2,1H3,(H,32,33)/t24-/m0/s1. The van der Waals surface area contributed by atoms with E-state index in [-0.39, 0.29) is 13.2 Å². The first kappa shape index (κ1) is 24.9. The molecule has 3 N–H and O–H groups in total. The summed E-state index contributed by atoms with van der Waals surface area (Å²) < 4.78 is 11.9. The molecule has 0 spiro atoms. The van der Waals surface area contributed by atoms with Gasteiger partial charge in [-0.3, -0.25) is 10.1 Å². The third-order valence-corrected chi connectivity index (χ3v) is 6.27. The van der Waals surface area contributed by atoms with Crippen LogP contribution in [-0.4, -0.2) is 28.7 Å². The molecule has 4 aromatic rings. The minimum Gasteiger partial charge on any atom is -0.490 e. The molecule has 0 amide bonds. The highest BCUT2D eigenvalue weighted by atomic mass is 35.5. The molecule has 0 fully saturated rings. The van der Waals surface area contributed by atoms with Crippen LogP contribution in [0.15, 0.2) is 66.9 Å². The van der Waals surface area contributed by atoms with Gasteiger partial charge in [-0.2, -0.15) is 0 Å². The number of carboxylic acid groups (broad SMARTS) is 1. The fourth-order valence-corrected chi connectivity index (χ4v) is 4.39. The van der Waals surface area contributed by atoms with E-state index < -0.39 is 12.0 Å². The summed E-state index contributed by atoms with van der Waals surface area (Å²) in [5.41, 5.74) is 3.49. The van der Waals surface area contributed by atoms with Crippen LogP contribution in [0.5, 0.6) is 11.5 Å². The maximum Gasteiger partial charge on any atom is 0.321 e. The summed E-state index contributed by atoms with van der Waals surface area (Å²) in [5, 5.41) is 15.1. The van der Waals surface area contributed by atoms with E-state index >= 15 is 0 Å². The Balaban J connectivity index is 1.52. The molecule has 1 heterocycles. The van der Waals surface area contributed by atoms with Gasteiger partial charge in [-0.05, 0) is 36.8 Å². The van der Waals surface area contributed by atoms with Crippen molar-refractivity contribution in [1.82, 2.24) is 10.3 Å². The molecule has 0 aliphatic carbocycles. The molecule has 182 valence electrons. The number of halogens is 2. The molecule has 8 heteroatoms. The second-order valence-corrected chi connectivity index (χ2v) is 8.88. The number of hydrogen-bond donors (Lipinski definition) is 3. The van der Waals surface area contributed by atoms with Crippen LogP contribution >= 0.6 is 23.2 Å². The van der Waals surface area contributed by atoms with Crippen LogP contribution in [0, 0.1) is 0 Å². The number of nitrogens with one attached hydrogen (secondary N) is 2. The van der Waals surface area contributed by atoms with Crippen LogP contribution in [-0.2, 0) is 24.4 Å². The lowest BCUT2D eigenvalue weighted by Crippen LogP contribution is -2.38. The highest BCUT2D eigenvalue weighted by Gasteiger charge is 2.21. The van der Waals surface area contributed by atoms with Gasteiger partial charge < -0.3 is 19.6 Å². The highest BCUT2D eigenvalue weighted by Crippen LogP contribution is 2.33. The Morgan fingerprint density at radius 3 is 2.63 bits per heavy atom. The predicted octanol–water partition coefficient (Wildman–Crippen LogP) is 6.24. The van der Waals surface area contributed by atoms with Crippen molar-refractivity contribution >= 4 is 40.1 Å². The van der Waals surface area contributed by atoms with Gasteiger partial charge in [0, 0.05) is 51.2 Å². The summed E-state index contributed by atoms with van der Waals surface area (Å²) in [5.74, 6) is 0.205. The lowest BCUT2D eigenvalue weighted by molar-refractivity contribution is -0.139. The molecule has 0 aliphatic heterocycles. The number of benzene rings is 3. The number of ether oxygens (including phenoxy) is 2. The molecule has 1 aromatic heterocycles. The summed E-state index contributed by atoms with van der Waals surface area (Å²) in [6.45, 7) is 2.86. The molecule has 0 unspecified atom stereocenters. The van der Waals surface area contributed by atoms with E-state index in [0.717, 1.165) is 27.6 Å². The maximum atomic E-state index is 12.1. The number of rotatable bonds is 11. The summed E-state index contributed by atoms with van der Waals surface area (Å²) in [6.07, 6.45) is 2.20. The van der Waals surface area contributed by atoms with Gasteiger partial charge in [0.05, 0.1) is 6.61 Å². The normalized spacial score (nSPS) is 12.0. The zero-order valence-electron chi connectivity index (χ0n) is 19.2. The summed E-state index contributed by atoms with van der Waals surface area (Å²) >= 11 is 12.3. The second-order valence-electron chi connectivity index (χ2n) is 8.04. The van der Waals surface area contributed by atoms with Gasteiger partial charge in [0.2, 0.25) is 0 Å². The monoisotopic (exact) mass is 512 g/mol. The molecule has 6 nitrogen and oxygen atoms in total. The average Bonchev–Trinajstić information content (AvgIpc) is 3.25. The van der Waals surface area contributed by atoms with Crippen molar-refractivity contribution in [2.45, 2.75) is 32.5 Å². The number of H-pyrrole nitrogens is 1. The van der Waals surface area contributed by atoms with Crippen molar-refractivity contribution < 1.29 is 19.4 Å². The summed E-state index contributed by atoms with van der Waals surface area (Å²) in [7, 11) is 0. The van der Waals surface area contributed by atoms with Gasteiger partial charge in [-0.15, -0.1) is 0 Å². The van der Waals surface area contributed by atoms with Crippen molar-refractivity contribution in [2.24, 2.45) is 0 Å². The number of aliphatic carboxylic acids is 1. The Kier molecular flexibility index (Phi) is 8.18. The van der Waals surface area contributed by atoms with Gasteiger partial charge >= 0.3 is 5.97 Å². The van der Waals surface area contributed by atoms with E-state index in [2.05, 4.69) is 10.3 Å². The van der Waals surface area contributed by atoms with Gasteiger partial charge in [0.15, 0.2) is 11.5 Å². The highest BCUT2D eigenvalue weighted by molar-refractivity contribution is 6.35. The third kappa shape index (κ3) is 6.09. The van der Waals surface area contributed by atoms with Crippen LogP contribution < -0.4 is 14.8 Å². The lowest BCUT2D eigenvalue weighted by Gasteiger charge is -2.19. The lowest BCUT2D eigenvalue weighted by atomic mass is 10.0. The molecule has 0 saturated heterocycles. The van der Waals surface area contributed by atoms with Gasteiger partial charge in [-0.1, -0.05) is 59.6 Å². The molecule has 0 aliphatic rings. The summed E-state index contributed by atoms with van der Waals surface area (Å²) in [6, 6.07) is 17.9. The number of hydrogen-bond acceptors (Lipinski definition) is 4. The van der Waals surface area contributed by atoms with Gasteiger partial charge in [0.25, 0.3) is 0 Å². The summed E-state index contributed by atoms with van der Waals surface area (Å²) in [4.78, 5) is 15.3. The van der Waals surface area contributed by atoms with Gasteiger partial charge in [0.1, 0.15) is 12.6 Å². The third-order valence-electron chi connectivity index (χ3n) is 5.68. The number of aromatic amines is 1. The van der Waals surface area contributed by atoms with Crippen LogP contribution in [0.4, 0.5) is 0 Å². The predicted molar refractivity (Wildman–Crippen MR) is 139 cm³/mol. The minimum absolute atomic E-state index is 0.213. The maximum absolute atomic E-state index is 12.1. The number of carboxylic acids is 1. The van der Waals surface area contributed by atoms with E-state index in [1.165, 1.54) is 0 Å². The average molecular weight is 513 g/mol. The SMILES string of the molecule is CCOc1cccc(CN[C@@H](Cc2c[nH]c3ccccc23)C(=O)O)c1OCc1ccc(Cl)cc1Cl. The molecule has 4 rings (SSSR count). The topological polar surface area (TPSA) is 83.6 Å². The Morgan fingerprint density at radius 2 is 1.86 bits per heavy atom. The first-order chi connectivity index (χ1) is 17.0. The molecule has 0 radical (unpaired) electrons. The van der Waals surface area contributed by atoms with Crippen LogP contribution in [0.2, 0.25) is 10.0 Å². The largest absolute Gasteiger partial charge is 0.490 e. The van der Waals surface area contributed by atoms with Crippen molar-refractivity contribution in [3.8, 4) is 11.5 Å². The van der Waals surface area contributed by atoms with E-state index in [1.807, 2.05) is 61.7 Å². The fraction of sp³-hybridized carbons (Fsp3) is 0.222. The second kappa shape index (κ2) is 11.5. The van der Waals surface area contributed by atoms with Crippen molar-refractivity contribution in [3.05, 3.63) is 93.6 Å². The molecule has 0 saturated carbocycles. The van der Waals surface area contributed by atoms with Crippen molar-refractivity contribution in [1.29, 1.82) is 0 Å². The van der Waals surface area contributed by atoms with Crippen LogP contribution in [0.3, 0.4) is 0 Å². The molecular weight excluding hydrogens is 487 g/mol. The quantitative estimate of drug-likeness (QED) is 0.221. The fourth-order valence-electron chi connectivity index (χ4n) is 3.92. The number of fused-ring (bicyclic) bond motifs is 1. The smallest absolute Gasteiger partial charge is 0.321 e. The number of para-hydroxylation sites is 2. The zero-order chi connectivity index (χ0) is 24.8. The Morgan fingerprint density at radius 1 is 1.03 bits per heavy atom. The molecule has 1 atom stereocenters. The number of aromatic nitrogens is 1. The Hall–Kier alpha value is -3.19. The van der Waals surface area contributed by atoms with Crippen molar-refractivity contribution in [2.75, 3.05) is 6.61 Å².